The van der Waals surface area contributed by atoms with E-state index in [4.69, 9.17) is 0 Å². The highest BCUT2D eigenvalue weighted by Gasteiger charge is 2.12. The molecule has 100 valence electrons. The Kier molecular flexibility index (Phi) is 4.22. The Morgan fingerprint density at radius 3 is 2.84 bits per heavy atom. The minimum absolute atomic E-state index is 0.105. The summed E-state index contributed by atoms with van der Waals surface area (Å²) in [6.07, 6.45) is 2.43. The van der Waals surface area contributed by atoms with Crippen LogP contribution in [0.1, 0.15) is 30.6 Å². The van der Waals surface area contributed by atoms with Crippen LogP contribution in [0.4, 0.5) is 0 Å². The Bertz CT molecular complexity index is 536. The zero-order chi connectivity index (χ0) is 13.7. The van der Waals surface area contributed by atoms with Crippen LogP contribution >= 0.6 is 0 Å². The third kappa shape index (κ3) is 3.37. The van der Waals surface area contributed by atoms with Crippen molar-refractivity contribution >= 4 is 5.91 Å². The first-order chi connectivity index (χ1) is 9.18. The smallest absolute Gasteiger partial charge is 0.253 e. The highest BCUT2D eigenvalue weighted by molar-refractivity contribution is 5.97. The molecule has 19 heavy (non-hydrogen) atoms. The third-order valence-electron chi connectivity index (χ3n) is 2.75. The molecule has 0 saturated carbocycles. The lowest BCUT2D eigenvalue weighted by atomic mass is 10.1. The zero-order valence-corrected chi connectivity index (χ0v) is 11.1. The molecule has 6 nitrogen and oxygen atoms in total. The predicted octanol–water partition coefficient (Wildman–Crippen LogP) is 1.44. The van der Waals surface area contributed by atoms with Crippen LogP contribution in [0.15, 0.2) is 30.6 Å². The van der Waals surface area contributed by atoms with Gasteiger partial charge in [0.05, 0.1) is 11.3 Å². The fourth-order valence-corrected chi connectivity index (χ4v) is 1.71. The van der Waals surface area contributed by atoms with Crippen LogP contribution in [0.5, 0.6) is 0 Å². The number of nitrogens with one attached hydrogen (secondary N) is 1. The first kappa shape index (κ1) is 13.2. The van der Waals surface area contributed by atoms with Gasteiger partial charge in [-0.05, 0) is 34.9 Å². The van der Waals surface area contributed by atoms with Crippen molar-refractivity contribution in [1.29, 1.82) is 0 Å². The maximum absolute atomic E-state index is 12.1. The van der Waals surface area contributed by atoms with Crippen LogP contribution in [-0.2, 0) is 0 Å². The van der Waals surface area contributed by atoms with Crippen LogP contribution in [0.2, 0.25) is 0 Å². The van der Waals surface area contributed by atoms with Gasteiger partial charge in [-0.15, -0.1) is 5.10 Å². The number of carbonyl (C=O) groups excluding carboxylic acids is 1. The number of amides is 1. The average molecular weight is 259 g/mol. The summed E-state index contributed by atoms with van der Waals surface area (Å²) in [7, 11) is 0. The molecule has 1 aromatic heterocycles. The minimum Gasteiger partial charge on any atom is -0.352 e. The molecule has 0 unspecified atom stereocenters. The summed E-state index contributed by atoms with van der Waals surface area (Å²) in [5, 5.41) is 13.9. The molecule has 1 aromatic carbocycles. The van der Waals surface area contributed by atoms with Crippen LogP contribution in [0.3, 0.4) is 0 Å². The van der Waals surface area contributed by atoms with Gasteiger partial charge in [-0.1, -0.05) is 26.0 Å². The molecule has 0 saturated heterocycles. The van der Waals surface area contributed by atoms with Crippen molar-refractivity contribution in [3.05, 3.63) is 36.2 Å². The maximum atomic E-state index is 12.1. The summed E-state index contributed by atoms with van der Waals surface area (Å²) in [6.45, 7) is 4.92. The van der Waals surface area contributed by atoms with Crippen molar-refractivity contribution in [2.24, 2.45) is 5.92 Å². The normalized spacial score (nSPS) is 10.7. The van der Waals surface area contributed by atoms with Crippen LogP contribution in [0.25, 0.3) is 5.69 Å². The van der Waals surface area contributed by atoms with E-state index < -0.39 is 0 Å². The third-order valence-corrected chi connectivity index (χ3v) is 2.75. The number of tetrazole rings is 1. The molecule has 0 aliphatic carbocycles. The van der Waals surface area contributed by atoms with E-state index in [9.17, 15) is 4.79 Å². The largest absolute Gasteiger partial charge is 0.352 e. The molecule has 0 fully saturated rings. The average Bonchev–Trinajstić information content (AvgIpc) is 2.92. The topological polar surface area (TPSA) is 72.7 Å². The lowest BCUT2D eigenvalue weighted by Gasteiger charge is -2.10. The molecule has 0 aliphatic rings. The van der Waals surface area contributed by atoms with Gasteiger partial charge < -0.3 is 5.32 Å². The van der Waals surface area contributed by atoms with E-state index in [-0.39, 0.29) is 5.91 Å². The van der Waals surface area contributed by atoms with Crippen molar-refractivity contribution in [2.75, 3.05) is 6.54 Å². The highest BCUT2D eigenvalue weighted by Crippen LogP contribution is 2.12. The van der Waals surface area contributed by atoms with Gasteiger partial charge in [-0.25, -0.2) is 0 Å². The van der Waals surface area contributed by atoms with Crippen molar-refractivity contribution < 1.29 is 4.79 Å². The zero-order valence-electron chi connectivity index (χ0n) is 11.1. The van der Waals surface area contributed by atoms with Crippen LogP contribution < -0.4 is 5.32 Å². The first-order valence-corrected chi connectivity index (χ1v) is 6.29. The number of rotatable bonds is 5. The number of benzene rings is 1. The van der Waals surface area contributed by atoms with Gasteiger partial charge in [-0.2, -0.15) is 4.68 Å². The van der Waals surface area contributed by atoms with Gasteiger partial charge in [-0.3, -0.25) is 4.79 Å². The molecule has 0 aliphatic heterocycles. The van der Waals surface area contributed by atoms with Crippen molar-refractivity contribution in [2.45, 2.75) is 20.3 Å². The maximum Gasteiger partial charge on any atom is 0.253 e. The van der Waals surface area contributed by atoms with E-state index in [1.807, 2.05) is 18.2 Å². The van der Waals surface area contributed by atoms with Gasteiger partial charge >= 0.3 is 0 Å². The van der Waals surface area contributed by atoms with E-state index in [2.05, 4.69) is 34.7 Å². The van der Waals surface area contributed by atoms with E-state index in [0.29, 0.717) is 23.7 Å². The van der Waals surface area contributed by atoms with E-state index in [1.54, 1.807) is 6.07 Å². The molecule has 1 amide bonds. The Morgan fingerprint density at radius 1 is 1.37 bits per heavy atom. The number of carbonyl (C=O) groups is 1. The molecule has 0 spiro atoms. The van der Waals surface area contributed by atoms with Gasteiger partial charge in [0.2, 0.25) is 0 Å². The Labute approximate surface area is 111 Å². The van der Waals surface area contributed by atoms with Gasteiger partial charge in [0.25, 0.3) is 5.91 Å². The van der Waals surface area contributed by atoms with E-state index in [0.717, 1.165) is 6.42 Å². The molecule has 0 bridgehead atoms. The Hall–Kier alpha value is -2.24. The second-order valence-corrected chi connectivity index (χ2v) is 4.71. The SMILES string of the molecule is CC(C)CCNC(=O)c1ccccc1-n1cnnn1. The van der Waals surface area contributed by atoms with E-state index in [1.165, 1.54) is 11.0 Å². The summed E-state index contributed by atoms with van der Waals surface area (Å²) in [5.74, 6) is 0.460. The number of hydrogen-bond acceptors (Lipinski definition) is 4. The summed E-state index contributed by atoms with van der Waals surface area (Å²) in [4.78, 5) is 12.1. The van der Waals surface area contributed by atoms with Gasteiger partial charge in [0.1, 0.15) is 6.33 Å². The molecular formula is C13H17N5O. The minimum atomic E-state index is -0.105. The van der Waals surface area contributed by atoms with E-state index >= 15 is 0 Å². The lowest BCUT2D eigenvalue weighted by molar-refractivity contribution is 0.0952. The summed E-state index contributed by atoms with van der Waals surface area (Å²) < 4.78 is 1.48. The fraction of sp³-hybridized carbons (Fsp3) is 0.385. The predicted molar refractivity (Wildman–Crippen MR) is 70.9 cm³/mol. The molecule has 1 N–H and O–H groups in total. The summed E-state index contributed by atoms with van der Waals surface area (Å²) >= 11 is 0. The lowest BCUT2D eigenvalue weighted by Crippen LogP contribution is -2.26. The van der Waals surface area contributed by atoms with Crippen molar-refractivity contribution in [1.82, 2.24) is 25.5 Å². The monoisotopic (exact) mass is 259 g/mol. The van der Waals surface area contributed by atoms with Crippen LogP contribution in [0, 0.1) is 5.92 Å². The van der Waals surface area contributed by atoms with Crippen molar-refractivity contribution in [3.63, 3.8) is 0 Å². The standard InChI is InChI=1S/C13H17N5O/c1-10(2)7-8-14-13(19)11-5-3-4-6-12(11)18-9-15-16-17-18/h3-6,9-10H,7-8H2,1-2H3,(H,14,19). The van der Waals surface area contributed by atoms with Crippen molar-refractivity contribution in [3.8, 4) is 5.69 Å². The van der Waals surface area contributed by atoms with Gasteiger partial charge in [0, 0.05) is 6.54 Å². The molecule has 0 atom stereocenters. The molecule has 6 heteroatoms. The Balaban J connectivity index is 2.14. The Morgan fingerprint density at radius 2 is 2.16 bits per heavy atom. The summed E-state index contributed by atoms with van der Waals surface area (Å²) in [5.41, 5.74) is 1.24. The molecular weight excluding hydrogens is 242 g/mol. The fourth-order valence-electron chi connectivity index (χ4n) is 1.71. The number of para-hydroxylation sites is 1. The molecule has 1 heterocycles. The molecule has 0 radical (unpaired) electrons. The first-order valence-electron chi connectivity index (χ1n) is 6.29. The quantitative estimate of drug-likeness (QED) is 0.881. The highest BCUT2D eigenvalue weighted by atomic mass is 16.1. The van der Waals surface area contributed by atoms with Crippen LogP contribution in [-0.4, -0.2) is 32.7 Å². The molecule has 2 aromatic rings. The number of hydrogen-bond donors (Lipinski definition) is 1. The molecule has 2 rings (SSSR count). The number of aromatic nitrogens is 4. The second kappa shape index (κ2) is 6.08. The number of nitrogens with zero attached hydrogens (tertiary/aromatic N) is 4. The van der Waals surface area contributed by atoms with Gasteiger partial charge in [0.15, 0.2) is 0 Å². The summed E-state index contributed by atoms with van der Waals surface area (Å²) in [6, 6.07) is 7.25. The second-order valence-electron chi connectivity index (χ2n) is 4.71.